The van der Waals surface area contributed by atoms with Crippen LogP contribution in [-0.2, 0) is 4.74 Å². The van der Waals surface area contributed by atoms with Gasteiger partial charge in [0.2, 0.25) is 0 Å². The van der Waals surface area contributed by atoms with E-state index in [4.69, 9.17) is 10.5 Å². The lowest BCUT2D eigenvalue weighted by Crippen LogP contribution is -2.41. The Hall–Kier alpha value is -0.730. The van der Waals surface area contributed by atoms with Gasteiger partial charge in [-0.2, -0.15) is 0 Å². The van der Waals surface area contributed by atoms with E-state index in [0.717, 1.165) is 19.5 Å². The fourth-order valence-corrected chi connectivity index (χ4v) is 1.96. The Balaban J connectivity index is 0. The lowest BCUT2D eigenvalue weighted by molar-refractivity contribution is 0.0190. The van der Waals surface area contributed by atoms with E-state index in [1.807, 2.05) is 39.5 Å². The minimum Gasteiger partial charge on any atom is -0.444 e. The first kappa shape index (κ1) is 24.5. The number of halogens is 1. The molecular formula is C16H35IN4O2. The molecule has 0 atom stereocenters. The molecule has 2 N–H and O–H groups in total. The number of hydrogen-bond acceptors (Lipinski definition) is 3. The highest BCUT2D eigenvalue weighted by Crippen LogP contribution is 2.12. The van der Waals surface area contributed by atoms with E-state index in [0.29, 0.717) is 19.0 Å². The minimum atomic E-state index is -0.477. The van der Waals surface area contributed by atoms with Crippen LogP contribution in [0, 0.1) is 0 Å². The average molecular weight is 442 g/mol. The van der Waals surface area contributed by atoms with Crippen molar-refractivity contribution in [2.24, 2.45) is 10.7 Å². The number of carbonyl (C=O) groups is 1. The van der Waals surface area contributed by atoms with E-state index in [9.17, 15) is 4.79 Å². The predicted octanol–water partition coefficient (Wildman–Crippen LogP) is 3.30. The van der Waals surface area contributed by atoms with Crippen LogP contribution in [0.4, 0.5) is 4.79 Å². The molecule has 0 aromatic rings. The van der Waals surface area contributed by atoms with Crippen molar-refractivity contribution in [2.45, 2.75) is 66.5 Å². The predicted molar refractivity (Wildman–Crippen MR) is 108 cm³/mol. The SMILES string of the molecule is CCN(CC)C(N)=NCCCN(C(=O)OC(C)(C)C)C(C)C.I. The van der Waals surface area contributed by atoms with Crippen LogP contribution >= 0.6 is 24.0 Å². The summed E-state index contributed by atoms with van der Waals surface area (Å²) in [4.78, 5) is 20.3. The van der Waals surface area contributed by atoms with Crippen LogP contribution in [-0.4, -0.2) is 59.7 Å². The van der Waals surface area contributed by atoms with Gasteiger partial charge in [0.1, 0.15) is 5.60 Å². The third-order valence-electron chi connectivity index (χ3n) is 3.17. The number of carbonyl (C=O) groups excluding carboxylic acids is 1. The van der Waals surface area contributed by atoms with Gasteiger partial charge in [0.25, 0.3) is 0 Å². The molecular weight excluding hydrogens is 407 g/mol. The van der Waals surface area contributed by atoms with Gasteiger partial charge in [-0.05, 0) is 54.9 Å². The number of nitrogens with two attached hydrogens (primary N) is 1. The van der Waals surface area contributed by atoms with Crippen molar-refractivity contribution in [1.82, 2.24) is 9.80 Å². The second-order valence-electron chi connectivity index (χ2n) is 6.53. The summed E-state index contributed by atoms with van der Waals surface area (Å²) in [5.74, 6) is 0.568. The first-order valence-corrected chi connectivity index (χ1v) is 8.16. The summed E-state index contributed by atoms with van der Waals surface area (Å²) in [5, 5.41) is 0. The van der Waals surface area contributed by atoms with Crippen molar-refractivity contribution in [3.05, 3.63) is 0 Å². The lowest BCUT2D eigenvalue weighted by atomic mass is 10.2. The topological polar surface area (TPSA) is 71.2 Å². The van der Waals surface area contributed by atoms with Gasteiger partial charge >= 0.3 is 6.09 Å². The Kier molecular flexibility index (Phi) is 12.5. The van der Waals surface area contributed by atoms with Crippen LogP contribution < -0.4 is 5.73 Å². The quantitative estimate of drug-likeness (QED) is 0.284. The standard InChI is InChI=1S/C16H34N4O2.HI/c1-8-19(9-2)14(17)18-11-10-12-20(13(3)4)15(21)22-16(5,6)7;/h13H,8-12H2,1-7H3,(H2,17,18);1H. The third kappa shape index (κ3) is 10.6. The van der Waals surface area contributed by atoms with Crippen molar-refractivity contribution >= 4 is 36.0 Å². The van der Waals surface area contributed by atoms with Crippen molar-refractivity contribution in [2.75, 3.05) is 26.2 Å². The number of hydrogen-bond donors (Lipinski definition) is 1. The van der Waals surface area contributed by atoms with E-state index in [-0.39, 0.29) is 36.1 Å². The highest BCUT2D eigenvalue weighted by molar-refractivity contribution is 14.0. The Labute approximate surface area is 158 Å². The van der Waals surface area contributed by atoms with Gasteiger partial charge in [0.15, 0.2) is 5.96 Å². The van der Waals surface area contributed by atoms with Crippen molar-refractivity contribution in [3.63, 3.8) is 0 Å². The highest BCUT2D eigenvalue weighted by atomic mass is 127. The molecule has 0 aliphatic rings. The van der Waals surface area contributed by atoms with Crippen molar-refractivity contribution < 1.29 is 9.53 Å². The van der Waals surface area contributed by atoms with Gasteiger partial charge in [-0.1, -0.05) is 0 Å². The molecule has 0 saturated heterocycles. The molecule has 0 aromatic heterocycles. The van der Waals surface area contributed by atoms with E-state index < -0.39 is 5.60 Å². The molecule has 7 heteroatoms. The zero-order valence-corrected chi connectivity index (χ0v) is 18.1. The maximum atomic E-state index is 12.2. The zero-order chi connectivity index (χ0) is 17.3. The molecule has 0 saturated carbocycles. The number of rotatable bonds is 7. The third-order valence-corrected chi connectivity index (χ3v) is 3.17. The van der Waals surface area contributed by atoms with Crippen LogP contribution in [0.1, 0.15) is 54.9 Å². The zero-order valence-electron chi connectivity index (χ0n) is 15.8. The molecule has 0 spiro atoms. The lowest BCUT2D eigenvalue weighted by Gasteiger charge is -2.30. The molecule has 23 heavy (non-hydrogen) atoms. The molecule has 0 aliphatic carbocycles. The van der Waals surface area contributed by atoms with Gasteiger partial charge in [0.05, 0.1) is 0 Å². The van der Waals surface area contributed by atoms with E-state index in [2.05, 4.69) is 18.8 Å². The molecule has 1 amide bonds. The van der Waals surface area contributed by atoms with Crippen LogP contribution in [0.2, 0.25) is 0 Å². The fourth-order valence-electron chi connectivity index (χ4n) is 1.96. The molecule has 0 bridgehead atoms. The number of aliphatic imine (C=N–C) groups is 1. The van der Waals surface area contributed by atoms with Gasteiger partial charge in [0, 0.05) is 32.2 Å². The summed E-state index contributed by atoms with van der Waals surface area (Å²) in [6, 6.07) is 0.0963. The minimum absolute atomic E-state index is 0. The molecule has 0 fully saturated rings. The van der Waals surface area contributed by atoms with Crippen molar-refractivity contribution in [1.29, 1.82) is 0 Å². The van der Waals surface area contributed by atoms with Gasteiger partial charge in [-0.3, -0.25) is 4.99 Å². The first-order chi connectivity index (χ1) is 10.1. The summed E-state index contributed by atoms with van der Waals surface area (Å²) in [5.41, 5.74) is 5.45. The van der Waals surface area contributed by atoms with Crippen LogP contribution in [0.15, 0.2) is 4.99 Å². The van der Waals surface area contributed by atoms with Crippen LogP contribution in [0.25, 0.3) is 0 Å². The molecule has 0 aliphatic heterocycles. The molecule has 0 heterocycles. The van der Waals surface area contributed by atoms with E-state index >= 15 is 0 Å². The average Bonchev–Trinajstić information content (AvgIpc) is 2.37. The molecule has 0 unspecified atom stereocenters. The molecule has 0 aromatic carbocycles. The largest absolute Gasteiger partial charge is 0.444 e. The second kappa shape index (κ2) is 11.8. The monoisotopic (exact) mass is 442 g/mol. The Morgan fingerprint density at radius 2 is 1.74 bits per heavy atom. The first-order valence-electron chi connectivity index (χ1n) is 8.16. The Morgan fingerprint density at radius 3 is 2.13 bits per heavy atom. The van der Waals surface area contributed by atoms with Gasteiger partial charge in [-0.25, -0.2) is 4.79 Å². The molecule has 0 radical (unpaired) electrons. The number of ether oxygens (including phenoxy) is 1. The van der Waals surface area contributed by atoms with Crippen LogP contribution in [0.5, 0.6) is 0 Å². The Morgan fingerprint density at radius 1 is 1.22 bits per heavy atom. The summed E-state index contributed by atoms with van der Waals surface area (Å²) in [7, 11) is 0. The molecule has 0 rings (SSSR count). The number of nitrogens with zero attached hydrogens (tertiary/aromatic N) is 3. The summed E-state index contributed by atoms with van der Waals surface area (Å²) >= 11 is 0. The molecule has 138 valence electrons. The normalized spacial score (nSPS) is 11.9. The van der Waals surface area contributed by atoms with Gasteiger partial charge < -0.3 is 20.3 Å². The van der Waals surface area contributed by atoms with Gasteiger partial charge in [-0.15, -0.1) is 24.0 Å². The summed E-state index contributed by atoms with van der Waals surface area (Å²) in [6.07, 6.45) is 0.488. The Bertz CT molecular complexity index is 364. The maximum Gasteiger partial charge on any atom is 0.410 e. The van der Waals surface area contributed by atoms with E-state index in [1.165, 1.54) is 0 Å². The molecule has 6 nitrogen and oxygen atoms in total. The van der Waals surface area contributed by atoms with Crippen molar-refractivity contribution in [3.8, 4) is 0 Å². The number of amides is 1. The summed E-state index contributed by atoms with van der Waals surface area (Å²) in [6.45, 7) is 16.6. The maximum absolute atomic E-state index is 12.2. The smallest absolute Gasteiger partial charge is 0.410 e. The number of guanidine groups is 1. The van der Waals surface area contributed by atoms with E-state index in [1.54, 1.807) is 4.90 Å². The fraction of sp³-hybridized carbons (Fsp3) is 0.875. The summed E-state index contributed by atoms with van der Waals surface area (Å²) < 4.78 is 5.43. The van der Waals surface area contributed by atoms with Crippen LogP contribution in [0.3, 0.4) is 0 Å². The highest BCUT2D eigenvalue weighted by Gasteiger charge is 2.23. The second-order valence-corrected chi connectivity index (χ2v) is 6.53.